The lowest BCUT2D eigenvalue weighted by Crippen LogP contribution is -2.16. The second-order valence-corrected chi connectivity index (χ2v) is 5.24. The molecule has 1 aliphatic rings. The van der Waals surface area contributed by atoms with Crippen LogP contribution in [-0.4, -0.2) is 20.0 Å². The number of rotatable bonds is 3. The van der Waals surface area contributed by atoms with Gasteiger partial charge in [0, 0.05) is 17.9 Å². The summed E-state index contributed by atoms with van der Waals surface area (Å²) >= 11 is 0. The van der Waals surface area contributed by atoms with Crippen LogP contribution >= 0.6 is 0 Å². The molecule has 0 N–H and O–H groups in total. The number of hydrogen-bond acceptors (Lipinski definition) is 3. The third-order valence-corrected chi connectivity index (χ3v) is 4.11. The van der Waals surface area contributed by atoms with Crippen molar-refractivity contribution in [3.63, 3.8) is 0 Å². The highest BCUT2D eigenvalue weighted by Crippen LogP contribution is 2.38. The number of fused-ring (bicyclic) bond motifs is 1. The Morgan fingerprint density at radius 1 is 0.952 bits per heavy atom. The van der Waals surface area contributed by atoms with Gasteiger partial charge in [0.15, 0.2) is 5.78 Å². The van der Waals surface area contributed by atoms with Gasteiger partial charge in [0.1, 0.15) is 11.5 Å². The molecule has 0 aromatic heterocycles. The summed E-state index contributed by atoms with van der Waals surface area (Å²) in [6.07, 6.45) is 1.43. The van der Waals surface area contributed by atoms with Gasteiger partial charge < -0.3 is 9.47 Å². The highest BCUT2D eigenvalue weighted by molar-refractivity contribution is 5.99. The van der Waals surface area contributed by atoms with Crippen molar-refractivity contribution < 1.29 is 14.3 Å². The van der Waals surface area contributed by atoms with Crippen LogP contribution < -0.4 is 9.47 Å². The fourth-order valence-corrected chi connectivity index (χ4v) is 2.96. The van der Waals surface area contributed by atoms with Crippen molar-refractivity contribution in [2.24, 2.45) is 0 Å². The molecule has 0 saturated carbocycles. The molecule has 0 aliphatic heterocycles. The molecule has 1 aliphatic carbocycles. The van der Waals surface area contributed by atoms with Gasteiger partial charge >= 0.3 is 0 Å². The van der Waals surface area contributed by atoms with Crippen LogP contribution in [0.25, 0.3) is 0 Å². The molecule has 2 aromatic rings. The molecule has 0 heterocycles. The lowest BCUT2D eigenvalue weighted by molar-refractivity contribution is 0.0969. The van der Waals surface area contributed by atoms with E-state index in [4.69, 9.17) is 9.47 Å². The summed E-state index contributed by atoms with van der Waals surface area (Å²) in [5.41, 5.74) is 3.09. The molecule has 3 nitrogen and oxygen atoms in total. The molecule has 0 amide bonds. The van der Waals surface area contributed by atoms with Crippen LogP contribution in [0.1, 0.15) is 40.2 Å². The third kappa shape index (κ3) is 2.51. The molecule has 3 rings (SSSR count). The van der Waals surface area contributed by atoms with E-state index in [0.29, 0.717) is 6.42 Å². The van der Waals surface area contributed by atoms with E-state index >= 15 is 0 Å². The molecule has 0 spiro atoms. The van der Waals surface area contributed by atoms with Gasteiger partial charge in [-0.15, -0.1) is 0 Å². The minimum Gasteiger partial charge on any atom is -0.497 e. The van der Waals surface area contributed by atoms with Crippen molar-refractivity contribution in [1.29, 1.82) is 0 Å². The Balaban J connectivity index is 2.04. The first-order chi connectivity index (χ1) is 10.2. The van der Waals surface area contributed by atoms with Gasteiger partial charge in [-0.25, -0.2) is 0 Å². The van der Waals surface area contributed by atoms with E-state index in [0.717, 1.165) is 29.0 Å². The summed E-state index contributed by atoms with van der Waals surface area (Å²) in [5, 5.41) is 0. The van der Waals surface area contributed by atoms with Gasteiger partial charge in [0.05, 0.1) is 14.2 Å². The van der Waals surface area contributed by atoms with Crippen LogP contribution in [0.3, 0.4) is 0 Å². The molecule has 1 atom stereocenters. The average molecular weight is 282 g/mol. The summed E-state index contributed by atoms with van der Waals surface area (Å²) in [5.74, 6) is 2.09. The van der Waals surface area contributed by atoms with E-state index < -0.39 is 0 Å². The number of ketones is 1. The predicted molar refractivity (Wildman–Crippen MR) is 81.4 cm³/mol. The molecule has 21 heavy (non-hydrogen) atoms. The highest BCUT2D eigenvalue weighted by atomic mass is 16.5. The van der Waals surface area contributed by atoms with Crippen LogP contribution in [0, 0.1) is 0 Å². The van der Waals surface area contributed by atoms with E-state index in [9.17, 15) is 4.79 Å². The van der Waals surface area contributed by atoms with Crippen molar-refractivity contribution in [2.45, 2.75) is 18.8 Å². The number of carbonyl (C=O) groups excluding carboxylic acids is 1. The standard InChI is InChI=1S/C18H18O3/c1-20-13-5-3-12(4-6-13)15-9-10-18(19)16-8-7-14(21-2)11-17(15)16/h3-8,11,15H,9-10H2,1-2H3. The lowest BCUT2D eigenvalue weighted by atomic mass is 9.78. The van der Waals surface area contributed by atoms with Crippen molar-refractivity contribution >= 4 is 5.78 Å². The molecular weight excluding hydrogens is 264 g/mol. The van der Waals surface area contributed by atoms with E-state index in [2.05, 4.69) is 12.1 Å². The maximum atomic E-state index is 12.1. The van der Waals surface area contributed by atoms with Crippen LogP contribution in [0.15, 0.2) is 42.5 Å². The molecular formula is C18H18O3. The lowest BCUT2D eigenvalue weighted by Gasteiger charge is -2.25. The fraction of sp³-hybridized carbons (Fsp3) is 0.278. The van der Waals surface area contributed by atoms with Crippen LogP contribution in [0.5, 0.6) is 11.5 Å². The minimum atomic E-state index is 0.220. The summed E-state index contributed by atoms with van der Waals surface area (Å²) in [6, 6.07) is 13.8. The Kier molecular flexibility index (Phi) is 3.65. The van der Waals surface area contributed by atoms with Crippen molar-refractivity contribution in [3.8, 4) is 11.5 Å². The summed E-state index contributed by atoms with van der Waals surface area (Å²) in [7, 11) is 3.31. The molecule has 0 fully saturated rings. The Morgan fingerprint density at radius 3 is 2.29 bits per heavy atom. The average Bonchev–Trinajstić information content (AvgIpc) is 2.55. The van der Waals surface area contributed by atoms with E-state index in [1.807, 2.05) is 30.3 Å². The van der Waals surface area contributed by atoms with Gasteiger partial charge in [-0.05, 0) is 47.9 Å². The largest absolute Gasteiger partial charge is 0.497 e. The number of methoxy groups -OCH3 is 2. The van der Waals surface area contributed by atoms with Gasteiger partial charge in [0.2, 0.25) is 0 Å². The fourth-order valence-electron chi connectivity index (χ4n) is 2.96. The first-order valence-corrected chi connectivity index (χ1v) is 7.08. The number of ether oxygens (including phenoxy) is 2. The zero-order valence-corrected chi connectivity index (χ0v) is 12.3. The SMILES string of the molecule is COc1ccc(C2CCC(=O)c3ccc(OC)cc32)cc1. The van der Waals surface area contributed by atoms with E-state index in [1.54, 1.807) is 14.2 Å². The minimum absolute atomic E-state index is 0.220. The molecule has 1 unspecified atom stereocenters. The molecule has 3 heteroatoms. The Bertz CT molecular complexity index is 659. The van der Waals surface area contributed by atoms with Gasteiger partial charge in [0.25, 0.3) is 0 Å². The topological polar surface area (TPSA) is 35.5 Å². The van der Waals surface area contributed by atoms with Gasteiger partial charge in [-0.3, -0.25) is 4.79 Å². The number of carbonyl (C=O) groups is 1. The molecule has 0 bridgehead atoms. The van der Waals surface area contributed by atoms with Crippen molar-refractivity contribution in [3.05, 3.63) is 59.2 Å². The number of benzene rings is 2. The highest BCUT2D eigenvalue weighted by Gasteiger charge is 2.27. The van der Waals surface area contributed by atoms with Crippen molar-refractivity contribution in [2.75, 3.05) is 14.2 Å². The number of hydrogen-bond donors (Lipinski definition) is 0. The normalized spacial score (nSPS) is 17.2. The Morgan fingerprint density at radius 2 is 1.62 bits per heavy atom. The second-order valence-electron chi connectivity index (χ2n) is 5.24. The Hall–Kier alpha value is -2.29. The first kappa shape index (κ1) is 13.7. The van der Waals surface area contributed by atoms with Crippen molar-refractivity contribution in [1.82, 2.24) is 0 Å². The first-order valence-electron chi connectivity index (χ1n) is 7.08. The predicted octanol–water partition coefficient (Wildman–Crippen LogP) is 3.81. The van der Waals surface area contributed by atoms with Gasteiger partial charge in [-0.1, -0.05) is 12.1 Å². The maximum Gasteiger partial charge on any atom is 0.163 e. The van der Waals surface area contributed by atoms with Crippen LogP contribution in [-0.2, 0) is 0 Å². The van der Waals surface area contributed by atoms with E-state index in [-0.39, 0.29) is 11.7 Å². The second kappa shape index (κ2) is 5.60. The van der Waals surface area contributed by atoms with Crippen LogP contribution in [0.4, 0.5) is 0 Å². The monoisotopic (exact) mass is 282 g/mol. The molecule has 2 aromatic carbocycles. The summed E-state index contributed by atoms with van der Waals surface area (Å²) in [4.78, 5) is 12.1. The van der Waals surface area contributed by atoms with Crippen LogP contribution in [0.2, 0.25) is 0 Å². The summed E-state index contributed by atoms with van der Waals surface area (Å²) in [6.45, 7) is 0. The number of Topliss-reactive ketones (excluding diaryl/α,β-unsaturated/α-hetero) is 1. The quantitative estimate of drug-likeness (QED) is 0.858. The smallest absolute Gasteiger partial charge is 0.163 e. The molecule has 0 radical (unpaired) electrons. The maximum absolute atomic E-state index is 12.1. The summed E-state index contributed by atoms with van der Waals surface area (Å²) < 4.78 is 10.5. The van der Waals surface area contributed by atoms with Gasteiger partial charge in [-0.2, -0.15) is 0 Å². The third-order valence-electron chi connectivity index (χ3n) is 4.11. The van der Waals surface area contributed by atoms with E-state index in [1.165, 1.54) is 5.56 Å². The molecule has 108 valence electrons. The zero-order valence-electron chi connectivity index (χ0n) is 12.3. The Labute approximate surface area is 124 Å². The zero-order chi connectivity index (χ0) is 14.8. The molecule has 0 saturated heterocycles.